The monoisotopic (exact) mass is 789 g/mol. The second-order valence-corrected chi connectivity index (χ2v) is 19.6. The highest BCUT2D eigenvalue weighted by atomic mass is 15.3. The van der Waals surface area contributed by atoms with E-state index in [0.717, 1.165) is 73.9 Å². The minimum absolute atomic E-state index is 0.310. The van der Waals surface area contributed by atoms with Crippen LogP contribution in [0.4, 0.5) is 0 Å². The molecule has 8 aromatic rings. The molecule has 0 aliphatic carbocycles. The summed E-state index contributed by atoms with van der Waals surface area (Å²) >= 11 is 0. The third kappa shape index (κ3) is 8.08. The smallest absolute Gasteiger partial charge is 0.239 e. The SMILES string of the molecule is CC(C)(C)c1nc(-n2c(CN(Cc3nc4ccccc4[nH]3)Cc3nc4ccccc4n3-c3nc(C(C)(C)C)nc(C(C)(C)C)n3)nc3ccccc32)nc(C(C)(C)C)n1. The molecule has 0 aliphatic heterocycles. The van der Waals surface area contributed by atoms with Crippen molar-refractivity contribution in [3.63, 3.8) is 0 Å². The predicted molar refractivity (Wildman–Crippen MR) is 233 cm³/mol. The first-order valence-electron chi connectivity index (χ1n) is 20.4. The Morgan fingerprint density at radius 2 is 0.797 bits per heavy atom. The Morgan fingerprint density at radius 1 is 0.424 bits per heavy atom. The van der Waals surface area contributed by atoms with Crippen LogP contribution in [-0.4, -0.2) is 63.9 Å². The standard InChI is InChI=1S/C46H55N13/c1-43(2,3)37-51-38(44(4,5)6)54-41(53-37)58-32-23-17-15-21-30(32)49-35(58)26-57(25-34-47-28-19-13-14-20-29(28)48-34)27-36-50-31-22-16-18-24-33(31)59(36)42-55-39(45(7,8)9)52-40(56-42)46(10,11)12/h13-24H,25-27H2,1-12H3,(H,47,48). The maximum atomic E-state index is 5.27. The highest BCUT2D eigenvalue weighted by Gasteiger charge is 2.30. The number of nitrogens with zero attached hydrogens (tertiary/aromatic N) is 12. The van der Waals surface area contributed by atoms with Crippen LogP contribution in [0.5, 0.6) is 0 Å². The van der Waals surface area contributed by atoms with Crippen LogP contribution < -0.4 is 0 Å². The van der Waals surface area contributed by atoms with E-state index in [1.165, 1.54) is 0 Å². The van der Waals surface area contributed by atoms with Gasteiger partial charge in [-0.3, -0.25) is 14.0 Å². The molecular weight excluding hydrogens is 735 g/mol. The quantitative estimate of drug-likeness (QED) is 0.158. The molecule has 0 saturated carbocycles. The molecule has 5 aromatic heterocycles. The van der Waals surface area contributed by atoms with Crippen molar-refractivity contribution in [2.45, 2.75) is 124 Å². The van der Waals surface area contributed by atoms with E-state index in [9.17, 15) is 0 Å². The third-order valence-electron chi connectivity index (χ3n) is 10.1. The van der Waals surface area contributed by atoms with Crippen LogP contribution in [0.2, 0.25) is 0 Å². The molecule has 0 bridgehead atoms. The van der Waals surface area contributed by atoms with Gasteiger partial charge in [0.2, 0.25) is 11.9 Å². The van der Waals surface area contributed by atoms with Gasteiger partial charge in [0.25, 0.3) is 0 Å². The van der Waals surface area contributed by atoms with Crippen molar-refractivity contribution in [2.75, 3.05) is 0 Å². The number of benzene rings is 3. The molecular formula is C46H55N13. The number of rotatable bonds is 8. The number of nitrogens with one attached hydrogen (secondary N) is 1. The molecule has 0 spiro atoms. The fraction of sp³-hybridized carbons (Fsp3) is 0.413. The van der Waals surface area contributed by atoms with Gasteiger partial charge in [0.05, 0.1) is 52.7 Å². The first-order valence-corrected chi connectivity index (χ1v) is 20.4. The summed E-state index contributed by atoms with van der Waals surface area (Å²) in [5, 5.41) is 0. The van der Waals surface area contributed by atoms with Gasteiger partial charge in [-0.2, -0.15) is 19.9 Å². The number of fused-ring (bicyclic) bond motifs is 3. The first kappa shape index (κ1) is 39.9. The molecule has 0 radical (unpaired) electrons. The van der Waals surface area contributed by atoms with Crippen LogP contribution in [-0.2, 0) is 41.3 Å². The molecule has 59 heavy (non-hydrogen) atoms. The van der Waals surface area contributed by atoms with Crippen molar-refractivity contribution in [1.82, 2.24) is 63.9 Å². The Morgan fingerprint density at radius 3 is 1.19 bits per heavy atom. The summed E-state index contributed by atoms with van der Waals surface area (Å²) < 4.78 is 4.18. The van der Waals surface area contributed by atoms with Gasteiger partial charge in [-0.05, 0) is 36.4 Å². The van der Waals surface area contributed by atoms with Gasteiger partial charge < -0.3 is 4.98 Å². The van der Waals surface area contributed by atoms with Crippen molar-refractivity contribution >= 4 is 33.1 Å². The molecule has 1 N–H and O–H groups in total. The van der Waals surface area contributed by atoms with Crippen LogP contribution in [0.3, 0.4) is 0 Å². The van der Waals surface area contributed by atoms with Gasteiger partial charge in [-0.25, -0.2) is 24.9 Å². The second kappa shape index (κ2) is 14.4. The van der Waals surface area contributed by atoms with Gasteiger partial charge in [-0.15, -0.1) is 0 Å². The fourth-order valence-electron chi connectivity index (χ4n) is 6.94. The van der Waals surface area contributed by atoms with E-state index in [0.29, 0.717) is 31.5 Å². The van der Waals surface area contributed by atoms with Crippen LogP contribution in [0.1, 0.15) is 124 Å². The zero-order valence-electron chi connectivity index (χ0n) is 36.4. The molecule has 13 heteroatoms. The van der Waals surface area contributed by atoms with Crippen LogP contribution in [0, 0.1) is 0 Å². The molecule has 5 heterocycles. The first-order chi connectivity index (χ1) is 27.7. The summed E-state index contributed by atoms with van der Waals surface area (Å²) in [6, 6.07) is 24.4. The Kier molecular flexibility index (Phi) is 9.73. The van der Waals surface area contributed by atoms with E-state index >= 15 is 0 Å². The van der Waals surface area contributed by atoms with Crippen molar-refractivity contribution in [3.8, 4) is 11.9 Å². The van der Waals surface area contributed by atoms with Gasteiger partial charge in [0.1, 0.15) is 40.8 Å². The average molecular weight is 790 g/mol. The highest BCUT2D eigenvalue weighted by molar-refractivity contribution is 5.78. The van der Waals surface area contributed by atoms with Crippen LogP contribution in [0.25, 0.3) is 45.0 Å². The number of H-pyrrole nitrogens is 1. The minimum atomic E-state index is -0.310. The average Bonchev–Trinajstić information content (AvgIpc) is 3.85. The topological polar surface area (TPSA) is 145 Å². The lowest BCUT2D eigenvalue weighted by Crippen LogP contribution is -2.29. The highest BCUT2D eigenvalue weighted by Crippen LogP contribution is 2.30. The van der Waals surface area contributed by atoms with Gasteiger partial charge >= 0.3 is 0 Å². The fourth-order valence-corrected chi connectivity index (χ4v) is 6.94. The van der Waals surface area contributed by atoms with Crippen molar-refractivity contribution in [2.24, 2.45) is 0 Å². The molecule has 0 unspecified atom stereocenters. The maximum Gasteiger partial charge on any atom is 0.239 e. The Bertz CT molecular complexity index is 2560. The summed E-state index contributed by atoms with van der Waals surface area (Å²) in [6.45, 7) is 26.9. The number of imidazole rings is 3. The maximum absolute atomic E-state index is 5.27. The van der Waals surface area contributed by atoms with Gasteiger partial charge in [0.15, 0.2) is 0 Å². The Hall–Kier alpha value is -5.95. The number of aromatic nitrogens is 12. The number of hydrogen-bond donors (Lipinski definition) is 1. The van der Waals surface area contributed by atoms with E-state index < -0.39 is 0 Å². The zero-order chi connectivity index (χ0) is 42.1. The summed E-state index contributed by atoms with van der Waals surface area (Å²) in [4.78, 5) is 52.0. The lowest BCUT2D eigenvalue weighted by atomic mass is 9.93. The molecule has 0 amide bonds. The molecule has 0 fully saturated rings. The minimum Gasteiger partial charge on any atom is -0.341 e. The summed E-state index contributed by atoms with van der Waals surface area (Å²) in [6.07, 6.45) is 0. The largest absolute Gasteiger partial charge is 0.341 e. The lowest BCUT2D eigenvalue weighted by Gasteiger charge is -2.25. The molecule has 0 aliphatic rings. The number of hydrogen-bond acceptors (Lipinski definition) is 10. The summed E-state index contributed by atoms with van der Waals surface area (Å²) in [7, 11) is 0. The molecule has 0 atom stereocenters. The molecule has 13 nitrogen and oxygen atoms in total. The van der Waals surface area contributed by atoms with E-state index in [1.54, 1.807) is 0 Å². The van der Waals surface area contributed by atoms with Crippen LogP contribution >= 0.6 is 0 Å². The Balaban J connectivity index is 1.31. The predicted octanol–water partition coefficient (Wildman–Crippen LogP) is 9.00. The zero-order valence-corrected chi connectivity index (χ0v) is 36.4. The van der Waals surface area contributed by atoms with Gasteiger partial charge in [-0.1, -0.05) is 119 Å². The summed E-state index contributed by atoms with van der Waals surface area (Å²) in [5.74, 6) is 6.38. The number of aromatic amines is 1. The van der Waals surface area contributed by atoms with E-state index in [4.69, 9.17) is 44.9 Å². The molecule has 304 valence electrons. The second-order valence-electron chi connectivity index (χ2n) is 19.6. The lowest BCUT2D eigenvalue weighted by molar-refractivity contribution is 0.228. The molecule has 8 rings (SSSR count). The summed E-state index contributed by atoms with van der Waals surface area (Å²) in [5.41, 5.74) is 4.18. The van der Waals surface area contributed by atoms with E-state index in [1.807, 2.05) is 54.6 Å². The third-order valence-corrected chi connectivity index (χ3v) is 10.1. The van der Waals surface area contributed by atoms with Crippen LogP contribution in [0.15, 0.2) is 72.8 Å². The van der Waals surface area contributed by atoms with Crippen molar-refractivity contribution in [3.05, 3.63) is 114 Å². The molecule has 3 aromatic carbocycles. The van der Waals surface area contributed by atoms with Crippen molar-refractivity contribution < 1.29 is 0 Å². The van der Waals surface area contributed by atoms with Crippen molar-refractivity contribution in [1.29, 1.82) is 0 Å². The number of para-hydroxylation sites is 6. The molecule has 0 saturated heterocycles. The van der Waals surface area contributed by atoms with E-state index in [-0.39, 0.29) is 21.7 Å². The van der Waals surface area contributed by atoms with E-state index in [2.05, 4.69) is 120 Å². The normalized spacial score (nSPS) is 13.1. The Labute approximate surface area is 345 Å². The van der Waals surface area contributed by atoms with Gasteiger partial charge in [0, 0.05) is 21.7 Å².